The number of carbonyl (C=O) groups excluding carboxylic acids is 2. The van der Waals surface area contributed by atoms with Gasteiger partial charge in [0.05, 0.1) is 41.5 Å². The lowest BCUT2D eigenvalue weighted by Crippen LogP contribution is -2.36. The van der Waals surface area contributed by atoms with Gasteiger partial charge >= 0.3 is 0 Å². The molecule has 34 heavy (non-hydrogen) atoms. The highest BCUT2D eigenvalue weighted by molar-refractivity contribution is 6.47. The van der Waals surface area contributed by atoms with Gasteiger partial charge in [-0.1, -0.05) is 29.3 Å². The SMILES string of the molecule is CCOc1ccc(C2/C(=C(/O)c3ccc(Cl)c(Cl)c3)C(=O)C(=O)N2CC2CCCO2)cc1OC. The number of methoxy groups -OCH3 is 1. The molecule has 2 fully saturated rings. The number of hydrogen-bond acceptors (Lipinski definition) is 6. The molecular formula is C25H25Cl2NO6. The Bertz CT molecular complexity index is 1140. The molecule has 2 atom stereocenters. The van der Waals surface area contributed by atoms with Crippen LogP contribution in [0.15, 0.2) is 42.0 Å². The molecular weight excluding hydrogens is 481 g/mol. The first-order valence-electron chi connectivity index (χ1n) is 11.0. The monoisotopic (exact) mass is 505 g/mol. The van der Waals surface area contributed by atoms with Gasteiger partial charge in [-0.05, 0) is 55.7 Å². The Morgan fingerprint density at radius 1 is 1.15 bits per heavy atom. The highest BCUT2D eigenvalue weighted by Crippen LogP contribution is 2.43. The van der Waals surface area contributed by atoms with E-state index >= 15 is 0 Å². The van der Waals surface area contributed by atoms with Crippen molar-refractivity contribution in [1.29, 1.82) is 0 Å². The van der Waals surface area contributed by atoms with Crippen molar-refractivity contribution in [2.75, 3.05) is 26.9 Å². The fraction of sp³-hybridized carbons (Fsp3) is 0.360. The summed E-state index contributed by atoms with van der Waals surface area (Å²) in [6.07, 6.45) is 1.49. The average molecular weight is 506 g/mol. The van der Waals surface area contributed by atoms with Crippen molar-refractivity contribution in [2.45, 2.75) is 31.9 Å². The molecule has 0 bridgehead atoms. The summed E-state index contributed by atoms with van der Waals surface area (Å²) < 4.78 is 16.8. The van der Waals surface area contributed by atoms with E-state index in [0.29, 0.717) is 35.3 Å². The summed E-state index contributed by atoms with van der Waals surface area (Å²) in [4.78, 5) is 27.8. The molecule has 2 aliphatic rings. The average Bonchev–Trinajstić information content (AvgIpc) is 3.43. The van der Waals surface area contributed by atoms with Crippen LogP contribution in [-0.2, 0) is 14.3 Å². The Morgan fingerprint density at radius 2 is 1.94 bits per heavy atom. The van der Waals surface area contributed by atoms with Gasteiger partial charge in [-0.25, -0.2) is 0 Å². The third-order valence-corrected chi connectivity index (χ3v) is 6.70. The van der Waals surface area contributed by atoms with E-state index in [4.69, 9.17) is 37.4 Å². The number of benzene rings is 2. The summed E-state index contributed by atoms with van der Waals surface area (Å²) in [5.41, 5.74) is 0.846. The molecule has 0 radical (unpaired) electrons. The second kappa shape index (κ2) is 10.3. The van der Waals surface area contributed by atoms with Crippen LogP contribution < -0.4 is 9.47 Å². The Hall–Kier alpha value is -2.74. The van der Waals surface area contributed by atoms with E-state index in [1.807, 2.05) is 6.92 Å². The minimum Gasteiger partial charge on any atom is -0.507 e. The number of ether oxygens (including phenoxy) is 3. The molecule has 9 heteroatoms. The van der Waals surface area contributed by atoms with E-state index in [0.717, 1.165) is 12.8 Å². The fourth-order valence-electron chi connectivity index (χ4n) is 4.35. The highest BCUT2D eigenvalue weighted by Gasteiger charge is 2.47. The fourth-order valence-corrected chi connectivity index (χ4v) is 4.65. The van der Waals surface area contributed by atoms with Crippen LogP contribution in [-0.4, -0.2) is 54.7 Å². The maximum atomic E-state index is 13.2. The number of hydrogen-bond donors (Lipinski definition) is 1. The molecule has 2 saturated heterocycles. The summed E-state index contributed by atoms with van der Waals surface area (Å²) >= 11 is 12.2. The minimum absolute atomic E-state index is 0.0346. The lowest BCUT2D eigenvalue weighted by Gasteiger charge is -2.28. The van der Waals surface area contributed by atoms with Gasteiger partial charge in [0.2, 0.25) is 0 Å². The lowest BCUT2D eigenvalue weighted by molar-refractivity contribution is -0.140. The van der Waals surface area contributed by atoms with Gasteiger partial charge in [-0.15, -0.1) is 0 Å². The number of rotatable bonds is 7. The van der Waals surface area contributed by atoms with Crippen molar-refractivity contribution in [3.05, 3.63) is 63.1 Å². The zero-order valence-electron chi connectivity index (χ0n) is 18.8. The largest absolute Gasteiger partial charge is 0.507 e. The zero-order chi connectivity index (χ0) is 24.4. The lowest BCUT2D eigenvalue weighted by atomic mass is 9.94. The van der Waals surface area contributed by atoms with Gasteiger partial charge in [0.1, 0.15) is 5.76 Å². The van der Waals surface area contributed by atoms with Crippen LogP contribution in [0, 0.1) is 0 Å². The molecule has 2 aromatic carbocycles. The maximum Gasteiger partial charge on any atom is 0.295 e. The van der Waals surface area contributed by atoms with Crippen LogP contribution in [0.5, 0.6) is 11.5 Å². The van der Waals surface area contributed by atoms with Crippen molar-refractivity contribution in [2.24, 2.45) is 0 Å². The third-order valence-electron chi connectivity index (χ3n) is 5.96. The van der Waals surface area contributed by atoms with Crippen LogP contribution in [0.1, 0.15) is 36.9 Å². The first kappa shape index (κ1) is 24.4. The zero-order valence-corrected chi connectivity index (χ0v) is 20.4. The number of carbonyl (C=O) groups is 2. The van der Waals surface area contributed by atoms with Crippen LogP contribution in [0.25, 0.3) is 5.76 Å². The first-order valence-corrected chi connectivity index (χ1v) is 11.8. The standard InChI is InChI=1S/C25H25Cl2NO6/c1-3-33-19-9-7-14(12-20(19)32-2)22-21(23(29)15-6-8-17(26)18(27)11-15)24(30)25(31)28(22)13-16-5-4-10-34-16/h6-9,11-12,16,22,29H,3-5,10,13H2,1-2H3/b23-21-. The number of Topliss-reactive ketones (excluding diaryl/α,β-unsaturated/α-hetero) is 1. The molecule has 0 spiro atoms. The van der Waals surface area contributed by atoms with Gasteiger partial charge in [0.15, 0.2) is 11.5 Å². The minimum atomic E-state index is -0.844. The smallest absolute Gasteiger partial charge is 0.295 e. The van der Waals surface area contributed by atoms with E-state index in [1.54, 1.807) is 24.3 Å². The predicted molar refractivity (Wildman–Crippen MR) is 129 cm³/mol. The summed E-state index contributed by atoms with van der Waals surface area (Å²) in [5, 5.41) is 11.7. The normalized spacial score (nSPS) is 21.8. The second-order valence-electron chi connectivity index (χ2n) is 8.06. The van der Waals surface area contributed by atoms with Crippen LogP contribution >= 0.6 is 23.2 Å². The molecule has 0 aromatic heterocycles. The number of amides is 1. The van der Waals surface area contributed by atoms with Gasteiger partial charge in [0, 0.05) is 18.7 Å². The number of halogens is 2. The summed E-state index contributed by atoms with van der Waals surface area (Å²) in [6.45, 7) is 3.15. The van der Waals surface area contributed by atoms with Crippen molar-refractivity contribution in [3.63, 3.8) is 0 Å². The van der Waals surface area contributed by atoms with Gasteiger partial charge in [-0.2, -0.15) is 0 Å². The molecule has 1 amide bonds. The second-order valence-corrected chi connectivity index (χ2v) is 8.87. The van der Waals surface area contributed by atoms with Gasteiger partial charge in [-0.3, -0.25) is 9.59 Å². The Kier molecular flexibility index (Phi) is 7.36. The first-order chi connectivity index (χ1) is 16.3. The Balaban J connectivity index is 1.85. The predicted octanol–water partition coefficient (Wildman–Crippen LogP) is 5.00. The summed E-state index contributed by atoms with van der Waals surface area (Å²) in [7, 11) is 1.51. The molecule has 0 saturated carbocycles. The topological polar surface area (TPSA) is 85.3 Å². The molecule has 7 nitrogen and oxygen atoms in total. The van der Waals surface area contributed by atoms with Crippen molar-refractivity contribution in [3.8, 4) is 11.5 Å². The summed E-state index contributed by atoms with van der Waals surface area (Å²) in [6, 6.07) is 8.89. The third kappa shape index (κ3) is 4.60. The van der Waals surface area contributed by atoms with E-state index in [2.05, 4.69) is 0 Å². The van der Waals surface area contributed by atoms with Crippen LogP contribution in [0.2, 0.25) is 10.0 Å². The van der Waals surface area contributed by atoms with Crippen molar-refractivity contribution < 1.29 is 28.9 Å². The number of ketones is 1. The van der Waals surface area contributed by atoms with Crippen LogP contribution in [0.4, 0.5) is 0 Å². The molecule has 1 N–H and O–H groups in total. The maximum absolute atomic E-state index is 13.2. The van der Waals surface area contributed by atoms with E-state index in [9.17, 15) is 14.7 Å². The highest BCUT2D eigenvalue weighted by atomic mass is 35.5. The number of aliphatic hydroxyl groups excluding tert-OH is 1. The quantitative estimate of drug-likeness (QED) is 0.323. The van der Waals surface area contributed by atoms with Gasteiger partial charge in [0.25, 0.3) is 11.7 Å². The van der Waals surface area contributed by atoms with Crippen molar-refractivity contribution in [1.82, 2.24) is 4.90 Å². The molecule has 2 heterocycles. The van der Waals surface area contributed by atoms with Crippen molar-refractivity contribution >= 4 is 40.7 Å². The van der Waals surface area contributed by atoms with E-state index in [1.165, 1.54) is 24.1 Å². The Labute approximate surface area is 207 Å². The van der Waals surface area contributed by atoms with Gasteiger partial charge < -0.3 is 24.2 Å². The Morgan fingerprint density at radius 3 is 2.59 bits per heavy atom. The molecule has 180 valence electrons. The molecule has 2 aromatic rings. The number of likely N-dealkylation sites (tertiary alicyclic amines) is 1. The number of nitrogens with zero attached hydrogens (tertiary/aromatic N) is 1. The molecule has 2 aliphatic heterocycles. The van der Waals surface area contributed by atoms with Crippen LogP contribution in [0.3, 0.4) is 0 Å². The molecule has 0 aliphatic carbocycles. The summed E-state index contributed by atoms with van der Waals surface area (Å²) in [5.74, 6) is -0.815. The molecule has 4 rings (SSSR count). The molecule has 2 unspecified atom stereocenters. The number of aliphatic hydroxyl groups is 1. The van der Waals surface area contributed by atoms with E-state index in [-0.39, 0.29) is 34.6 Å². The van der Waals surface area contributed by atoms with E-state index < -0.39 is 17.7 Å².